The number of methoxy groups -OCH3 is 2. The number of carbonyl (C=O) groups is 1. The predicted octanol–water partition coefficient (Wildman–Crippen LogP) is 4.90. The van der Waals surface area contributed by atoms with Gasteiger partial charge in [-0.15, -0.1) is 0 Å². The lowest BCUT2D eigenvalue weighted by Crippen LogP contribution is -2.30. The largest absolute Gasteiger partial charge is 0.503 e. The van der Waals surface area contributed by atoms with Crippen molar-refractivity contribution in [2.45, 2.75) is 12.6 Å². The van der Waals surface area contributed by atoms with E-state index in [1.807, 2.05) is 12.1 Å². The molecule has 158 valence electrons. The Hall–Kier alpha value is -3.80. The molecule has 0 aromatic heterocycles. The van der Waals surface area contributed by atoms with Crippen molar-refractivity contribution in [3.63, 3.8) is 0 Å². The number of hydrogen-bond donors (Lipinski definition) is 1. The highest BCUT2D eigenvalue weighted by molar-refractivity contribution is 6.05. The summed E-state index contributed by atoms with van der Waals surface area (Å²) in [7, 11) is 3.14. The summed E-state index contributed by atoms with van der Waals surface area (Å²) in [4.78, 5) is 14.6. The minimum absolute atomic E-state index is 0.200. The van der Waals surface area contributed by atoms with Crippen molar-refractivity contribution in [3.05, 3.63) is 101 Å². The standard InChI is InChI=1S/C25H22FNO4/c1-30-18-11-7-16(8-12-18)15-27-23(20-5-3-4-6-21(20)26)22(24(28)25(27)29)17-9-13-19(31-2)14-10-17/h3-14,23,28H,15H2,1-2H3/t23-/m1/s1. The van der Waals surface area contributed by atoms with Crippen LogP contribution >= 0.6 is 0 Å². The lowest BCUT2D eigenvalue weighted by atomic mass is 9.93. The molecule has 0 spiro atoms. The van der Waals surface area contributed by atoms with Gasteiger partial charge in [-0.2, -0.15) is 0 Å². The quantitative estimate of drug-likeness (QED) is 0.618. The summed E-state index contributed by atoms with van der Waals surface area (Å²) < 4.78 is 25.2. The van der Waals surface area contributed by atoms with E-state index in [1.54, 1.807) is 68.8 Å². The van der Waals surface area contributed by atoms with Crippen LogP contribution in [0.15, 0.2) is 78.6 Å². The van der Waals surface area contributed by atoms with Gasteiger partial charge in [0.2, 0.25) is 0 Å². The second kappa shape index (κ2) is 8.52. The van der Waals surface area contributed by atoms with Crippen molar-refractivity contribution in [3.8, 4) is 11.5 Å². The summed E-state index contributed by atoms with van der Waals surface area (Å²) in [6.07, 6.45) is 0. The molecule has 1 N–H and O–H groups in total. The molecule has 0 fully saturated rings. The maximum Gasteiger partial charge on any atom is 0.290 e. The topological polar surface area (TPSA) is 59.0 Å². The second-order valence-electron chi connectivity index (χ2n) is 7.20. The molecule has 3 aromatic rings. The zero-order valence-corrected chi connectivity index (χ0v) is 17.2. The molecule has 0 saturated carbocycles. The molecule has 1 aliphatic heterocycles. The molecule has 1 aliphatic rings. The first-order valence-corrected chi connectivity index (χ1v) is 9.79. The van der Waals surface area contributed by atoms with Crippen LogP contribution in [0.1, 0.15) is 22.7 Å². The van der Waals surface area contributed by atoms with Gasteiger partial charge >= 0.3 is 0 Å². The van der Waals surface area contributed by atoms with Crippen molar-refractivity contribution < 1.29 is 23.8 Å². The molecule has 1 atom stereocenters. The summed E-state index contributed by atoms with van der Waals surface area (Å²) in [6, 6.07) is 19.8. The average Bonchev–Trinajstić information content (AvgIpc) is 3.05. The van der Waals surface area contributed by atoms with Crippen LogP contribution in [-0.4, -0.2) is 30.1 Å². The normalized spacial score (nSPS) is 16.0. The maximum absolute atomic E-state index is 14.8. The van der Waals surface area contributed by atoms with E-state index in [0.717, 1.165) is 5.56 Å². The number of benzene rings is 3. The van der Waals surface area contributed by atoms with Gasteiger partial charge in [-0.1, -0.05) is 42.5 Å². The summed E-state index contributed by atoms with van der Waals surface area (Å²) in [6.45, 7) is 0.200. The number of nitrogens with zero attached hydrogens (tertiary/aromatic N) is 1. The Kier molecular flexibility index (Phi) is 5.62. The summed E-state index contributed by atoms with van der Waals surface area (Å²) in [5.74, 6) is -0.0321. The maximum atomic E-state index is 14.8. The Labute approximate surface area is 180 Å². The highest BCUT2D eigenvalue weighted by Gasteiger charge is 2.42. The SMILES string of the molecule is COc1ccc(CN2C(=O)C(O)=C(c3ccc(OC)cc3)[C@H]2c2ccccc2F)cc1. The van der Waals surface area contributed by atoms with E-state index in [2.05, 4.69) is 0 Å². The average molecular weight is 419 g/mol. The minimum Gasteiger partial charge on any atom is -0.503 e. The third-order valence-corrected chi connectivity index (χ3v) is 5.42. The zero-order valence-electron chi connectivity index (χ0n) is 17.2. The predicted molar refractivity (Wildman–Crippen MR) is 115 cm³/mol. The van der Waals surface area contributed by atoms with Crippen molar-refractivity contribution in [1.29, 1.82) is 0 Å². The van der Waals surface area contributed by atoms with E-state index < -0.39 is 17.8 Å². The van der Waals surface area contributed by atoms with Crippen molar-refractivity contribution in [2.75, 3.05) is 14.2 Å². The van der Waals surface area contributed by atoms with E-state index >= 15 is 0 Å². The van der Waals surface area contributed by atoms with Gasteiger partial charge in [0.15, 0.2) is 5.76 Å². The third kappa shape index (κ3) is 3.84. The van der Waals surface area contributed by atoms with Crippen LogP contribution in [0.25, 0.3) is 5.57 Å². The molecule has 0 bridgehead atoms. The monoisotopic (exact) mass is 419 g/mol. The van der Waals surface area contributed by atoms with Crippen molar-refractivity contribution in [2.24, 2.45) is 0 Å². The van der Waals surface area contributed by atoms with Crippen molar-refractivity contribution >= 4 is 11.5 Å². The molecule has 6 heteroatoms. The third-order valence-electron chi connectivity index (χ3n) is 5.42. The molecule has 0 radical (unpaired) electrons. The van der Waals surface area contributed by atoms with Gasteiger partial charge in [0.1, 0.15) is 17.3 Å². The molecule has 31 heavy (non-hydrogen) atoms. The van der Waals surface area contributed by atoms with Crippen LogP contribution in [0.5, 0.6) is 11.5 Å². The first-order valence-electron chi connectivity index (χ1n) is 9.79. The number of hydrogen-bond acceptors (Lipinski definition) is 4. The first kappa shape index (κ1) is 20.5. The molecule has 0 aliphatic carbocycles. The number of rotatable bonds is 6. The molecule has 5 nitrogen and oxygen atoms in total. The van der Waals surface area contributed by atoms with E-state index in [4.69, 9.17) is 9.47 Å². The van der Waals surface area contributed by atoms with Gasteiger partial charge in [-0.3, -0.25) is 4.79 Å². The van der Waals surface area contributed by atoms with Gasteiger partial charge in [0.05, 0.1) is 20.3 Å². The Morgan fingerprint density at radius 1 is 0.903 bits per heavy atom. The molecule has 3 aromatic carbocycles. The molecular formula is C25H22FNO4. The highest BCUT2D eigenvalue weighted by Crippen LogP contribution is 2.44. The van der Waals surface area contributed by atoms with Gasteiger partial charge in [0.25, 0.3) is 5.91 Å². The van der Waals surface area contributed by atoms with Crippen LogP contribution in [0.4, 0.5) is 4.39 Å². The van der Waals surface area contributed by atoms with E-state index in [-0.39, 0.29) is 12.3 Å². The number of aliphatic hydroxyl groups excluding tert-OH is 1. The molecule has 1 heterocycles. The Balaban J connectivity index is 1.79. The fourth-order valence-electron chi connectivity index (χ4n) is 3.83. The Morgan fingerprint density at radius 2 is 1.48 bits per heavy atom. The number of aliphatic hydroxyl groups is 1. The fraction of sp³-hybridized carbons (Fsp3) is 0.160. The number of halogens is 1. The van der Waals surface area contributed by atoms with Crippen LogP contribution in [0.2, 0.25) is 0 Å². The van der Waals surface area contributed by atoms with E-state index in [9.17, 15) is 14.3 Å². The summed E-state index contributed by atoms with van der Waals surface area (Å²) >= 11 is 0. The van der Waals surface area contributed by atoms with E-state index in [0.29, 0.717) is 28.2 Å². The van der Waals surface area contributed by atoms with E-state index in [1.165, 1.54) is 11.0 Å². The zero-order chi connectivity index (χ0) is 22.0. The lowest BCUT2D eigenvalue weighted by Gasteiger charge is -2.28. The summed E-state index contributed by atoms with van der Waals surface area (Å²) in [5, 5.41) is 10.8. The number of carbonyl (C=O) groups excluding carboxylic acids is 1. The molecule has 1 amide bonds. The van der Waals surface area contributed by atoms with Gasteiger partial charge < -0.3 is 19.5 Å². The van der Waals surface area contributed by atoms with Crippen LogP contribution in [0, 0.1) is 5.82 Å². The Morgan fingerprint density at radius 3 is 2.06 bits per heavy atom. The van der Waals surface area contributed by atoms with Crippen LogP contribution in [-0.2, 0) is 11.3 Å². The van der Waals surface area contributed by atoms with Crippen LogP contribution in [0.3, 0.4) is 0 Å². The number of amides is 1. The van der Waals surface area contributed by atoms with Crippen LogP contribution < -0.4 is 9.47 Å². The first-order chi connectivity index (χ1) is 15.0. The summed E-state index contributed by atoms with van der Waals surface area (Å²) in [5.41, 5.74) is 2.14. The molecule has 0 unspecified atom stereocenters. The fourth-order valence-corrected chi connectivity index (χ4v) is 3.83. The van der Waals surface area contributed by atoms with Gasteiger partial charge in [-0.05, 0) is 41.5 Å². The smallest absolute Gasteiger partial charge is 0.290 e. The second-order valence-corrected chi connectivity index (χ2v) is 7.20. The number of ether oxygens (including phenoxy) is 2. The molecular weight excluding hydrogens is 397 g/mol. The lowest BCUT2D eigenvalue weighted by molar-refractivity contribution is -0.130. The van der Waals surface area contributed by atoms with Gasteiger partial charge in [0, 0.05) is 17.7 Å². The molecule has 0 saturated heterocycles. The van der Waals surface area contributed by atoms with Crippen molar-refractivity contribution in [1.82, 2.24) is 4.90 Å². The Bertz CT molecular complexity index is 1120. The molecule has 4 rings (SSSR count). The van der Waals surface area contributed by atoms with Gasteiger partial charge in [-0.25, -0.2) is 4.39 Å². The highest BCUT2D eigenvalue weighted by atomic mass is 19.1. The minimum atomic E-state index is -0.774.